The fourth-order valence-corrected chi connectivity index (χ4v) is 1.93. The maximum Gasteiger partial charge on any atom is 0.342 e. The van der Waals surface area contributed by atoms with Crippen LogP contribution in [0.25, 0.3) is 11.4 Å². The summed E-state index contributed by atoms with van der Waals surface area (Å²) in [5.74, 6) is -1.08. The fraction of sp³-hybridized carbons (Fsp3) is 0.118. The molecule has 2 aromatic heterocycles. The molecule has 0 unspecified atom stereocenters. The molecule has 3 rings (SSSR count). The lowest BCUT2D eigenvalue weighted by Gasteiger charge is -2.07. The van der Waals surface area contributed by atoms with Gasteiger partial charge in [0.1, 0.15) is 11.4 Å². The number of hydrogen-bond acceptors (Lipinski definition) is 5. The monoisotopic (exact) mass is 369 g/mol. The highest BCUT2D eigenvalue weighted by molar-refractivity contribution is 5.89. The Hall–Kier alpha value is -3.95. The van der Waals surface area contributed by atoms with Crippen LogP contribution in [0.2, 0.25) is 0 Å². The van der Waals surface area contributed by atoms with E-state index in [9.17, 15) is 14.4 Å². The summed E-state index contributed by atoms with van der Waals surface area (Å²) in [6, 6.07) is 6.29. The van der Waals surface area contributed by atoms with Crippen molar-refractivity contribution in [2.45, 2.75) is 6.92 Å². The zero-order valence-electron chi connectivity index (χ0n) is 14.3. The van der Waals surface area contributed by atoms with Crippen molar-refractivity contribution in [1.82, 2.24) is 25.3 Å². The smallest absolute Gasteiger partial charge is 0.342 e. The number of aromatic carboxylic acids is 1. The lowest BCUT2D eigenvalue weighted by atomic mass is 10.2. The number of amides is 2. The highest BCUT2D eigenvalue weighted by atomic mass is 16.4. The molecule has 0 bridgehead atoms. The van der Waals surface area contributed by atoms with Gasteiger partial charge in [-0.25, -0.2) is 14.6 Å². The van der Waals surface area contributed by atoms with Gasteiger partial charge >= 0.3 is 12.0 Å². The summed E-state index contributed by atoms with van der Waals surface area (Å²) < 4.78 is 0. The second-order valence-electron chi connectivity index (χ2n) is 5.05. The van der Waals surface area contributed by atoms with Gasteiger partial charge in [-0.1, -0.05) is 18.7 Å². The standard InChI is InChI=1S/C14H14N4O4.C3H3N2/c1-2-15-14(22)17-9-5-3-8(4-6-9)11-16-7-10(13(20)21)12(19)18-11;1-2-5-3-4-1/h3-7H,2H2,1H3,(H,20,21)(H2,15,17,22)(H,16,18,19);1-3H/q;-1. The number of aromatic amines is 1. The van der Waals surface area contributed by atoms with Gasteiger partial charge in [-0.2, -0.15) is 0 Å². The van der Waals surface area contributed by atoms with Crippen LogP contribution < -0.4 is 21.2 Å². The van der Waals surface area contributed by atoms with E-state index in [0.717, 1.165) is 6.20 Å². The Bertz CT molecular complexity index is 918. The van der Waals surface area contributed by atoms with E-state index in [1.807, 2.05) is 6.92 Å². The van der Waals surface area contributed by atoms with Crippen molar-refractivity contribution in [3.63, 3.8) is 0 Å². The summed E-state index contributed by atoms with van der Waals surface area (Å²) >= 11 is 0. The second-order valence-corrected chi connectivity index (χ2v) is 5.05. The van der Waals surface area contributed by atoms with E-state index in [0.29, 0.717) is 17.8 Å². The summed E-state index contributed by atoms with van der Waals surface area (Å²) in [6.45, 7) is 2.33. The minimum absolute atomic E-state index is 0.250. The van der Waals surface area contributed by atoms with Gasteiger partial charge < -0.3 is 30.7 Å². The first-order valence-corrected chi connectivity index (χ1v) is 7.85. The molecule has 4 N–H and O–H groups in total. The van der Waals surface area contributed by atoms with Crippen LogP contribution in [0.5, 0.6) is 0 Å². The number of aromatic nitrogens is 4. The highest BCUT2D eigenvalue weighted by Gasteiger charge is 2.10. The zero-order valence-corrected chi connectivity index (χ0v) is 14.3. The summed E-state index contributed by atoms with van der Waals surface area (Å²) in [6.07, 6.45) is 5.79. The number of carboxylic acids is 1. The average molecular weight is 369 g/mol. The Morgan fingerprint density at radius 2 is 2.00 bits per heavy atom. The average Bonchev–Trinajstić information content (AvgIpc) is 3.22. The van der Waals surface area contributed by atoms with Gasteiger partial charge in [0.15, 0.2) is 0 Å². The number of anilines is 1. The maximum atomic E-state index is 11.6. The molecule has 0 fully saturated rings. The number of carboxylic acid groups (broad SMARTS) is 1. The molecular weight excluding hydrogens is 352 g/mol. The SMILES string of the molecule is CCNC(=O)Nc1ccc(-c2ncc(C(=O)O)c(=O)[nH]2)cc1.c1c[n-]cn1. The van der Waals surface area contributed by atoms with Crippen LogP contribution in [0.3, 0.4) is 0 Å². The number of H-pyrrole nitrogens is 1. The molecular formula is C17H17N6O4-. The van der Waals surface area contributed by atoms with Gasteiger partial charge in [-0.15, -0.1) is 0 Å². The van der Waals surface area contributed by atoms with E-state index < -0.39 is 17.1 Å². The molecule has 2 amide bonds. The Morgan fingerprint density at radius 1 is 1.26 bits per heavy atom. The van der Waals surface area contributed by atoms with Gasteiger partial charge in [0.2, 0.25) is 0 Å². The quantitative estimate of drug-likeness (QED) is 0.541. The molecule has 2 heterocycles. The Balaban J connectivity index is 0.000000451. The third kappa shape index (κ3) is 5.81. The molecule has 0 spiro atoms. The van der Waals surface area contributed by atoms with E-state index in [1.54, 1.807) is 36.7 Å². The third-order valence-electron chi connectivity index (χ3n) is 3.16. The van der Waals surface area contributed by atoms with E-state index in [4.69, 9.17) is 5.11 Å². The van der Waals surface area contributed by atoms with Gasteiger partial charge in [-0.3, -0.25) is 4.79 Å². The molecule has 0 saturated heterocycles. The van der Waals surface area contributed by atoms with Crippen LogP contribution in [0.4, 0.5) is 10.5 Å². The first-order chi connectivity index (χ1) is 13.0. The van der Waals surface area contributed by atoms with Gasteiger partial charge in [0, 0.05) is 24.0 Å². The molecule has 3 aromatic rings. The number of hydrogen-bond donors (Lipinski definition) is 4. The maximum absolute atomic E-state index is 11.6. The van der Waals surface area contributed by atoms with Crippen molar-refractivity contribution in [3.8, 4) is 11.4 Å². The van der Waals surface area contributed by atoms with Crippen molar-refractivity contribution in [2.75, 3.05) is 11.9 Å². The van der Waals surface area contributed by atoms with E-state index in [-0.39, 0.29) is 11.9 Å². The van der Waals surface area contributed by atoms with E-state index in [1.165, 1.54) is 6.33 Å². The molecule has 0 saturated carbocycles. The van der Waals surface area contributed by atoms with E-state index >= 15 is 0 Å². The first-order valence-electron chi connectivity index (χ1n) is 7.85. The van der Waals surface area contributed by atoms with Crippen LogP contribution in [0.15, 0.2) is 54.0 Å². The summed E-state index contributed by atoms with van der Waals surface area (Å²) in [4.78, 5) is 47.3. The molecule has 1 aromatic carbocycles. The lowest BCUT2D eigenvalue weighted by molar-refractivity contribution is 0.0694. The molecule has 10 heteroatoms. The number of nitrogens with one attached hydrogen (secondary N) is 3. The summed E-state index contributed by atoms with van der Waals surface area (Å²) in [7, 11) is 0. The van der Waals surface area contributed by atoms with Crippen molar-refractivity contribution >= 4 is 17.7 Å². The topological polar surface area (TPSA) is 151 Å². The fourth-order valence-electron chi connectivity index (χ4n) is 1.93. The van der Waals surface area contributed by atoms with Crippen molar-refractivity contribution in [2.24, 2.45) is 0 Å². The molecule has 27 heavy (non-hydrogen) atoms. The summed E-state index contributed by atoms with van der Waals surface area (Å²) in [5, 5.41) is 14.0. The van der Waals surface area contributed by atoms with Gasteiger partial charge in [-0.05, 0) is 31.2 Å². The van der Waals surface area contributed by atoms with Crippen LogP contribution in [0.1, 0.15) is 17.3 Å². The van der Waals surface area contributed by atoms with Crippen molar-refractivity contribution in [3.05, 3.63) is 65.1 Å². The van der Waals surface area contributed by atoms with Gasteiger partial charge in [0.25, 0.3) is 5.56 Å². The Kier molecular flexibility index (Phi) is 6.83. The normalized spacial score (nSPS) is 9.67. The molecule has 0 radical (unpaired) electrons. The molecule has 0 atom stereocenters. The molecule has 0 aliphatic heterocycles. The number of benzene rings is 1. The molecule has 0 aliphatic rings. The zero-order chi connectivity index (χ0) is 19.6. The Labute approximate surface area is 153 Å². The van der Waals surface area contributed by atoms with E-state index in [2.05, 4.69) is 30.6 Å². The number of carbonyl (C=O) groups excluding carboxylic acids is 1. The Morgan fingerprint density at radius 3 is 2.48 bits per heavy atom. The van der Waals surface area contributed by atoms with Crippen LogP contribution in [-0.4, -0.2) is 38.6 Å². The number of imidazole rings is 1. The predicted octanol–water partition coefficient (Wildman–Crippen LogP) is 1.32. The molecule has 0 aliphatic carbocycles. The van der Waals surface area contributed by atoms with Crippen LogP contribution >= 0.6 is 0 Å². The number of rotatable bonds is 4. The molecule has 10 nitrogen and oxygen atoms in total. The number of nitrogens with zero attached hydrogens (tertiary/aromatic N) is 3. The molecule has 140 valence electrons. The van der Waals surface area contributed by atoms with Crippen molar-refractivity contribution < 1.29 is 14.7 Å². The second kappa shape index (κ2) is 9.51. The van der Waals surface area contributed by atoms with Crippen LogP contribution in [-0.2, 0) is 0 Å². The predicted molar refractivity (Wildman–Crippen MR) is 97.5 cm³/mol. The van der Waals surface area contributed by atoms with Gasteiger partial charge in [0.05, 0.1) is 0 Å². The minimum atomic E-state index is -1.33. The minimum Gasteiger partial charge on any atom is -0.477 e. The highest BCUT2D eigenvalue weighted by Crippen LogP contribution is 2.17. The first kappa shape index (κ1) is 19.4. The lowest BCUT2D eigenvalue weighted by Crippen LogP contribution is -2.28. The summed E-state index contributed by atoms with van der Waals surface area (Å²) in [5.41, 5.74) is 0.0370. The number of urea groups is 1. The van der Waals surface area contributed by atoms with Crippen LogP contribution in [0, 0.1) is 0 Å². The third-order valence-corrected chi connectivity index (χ3v) is 3.16. The number of carbonyl (C=O) groups is 2. The largest absolute Gasteiger partial charge is 0.477 e. The van der Waals surface area contributed by atoms with Crippen molar-refractivity contribution in [1.29, 1.82) is 0 Å².